The molecule has 1 fully saturated rings. The number of fused-ring (bicyclic) bond motifs is 1. The summed E-state index contributed by atoms with van der Waals surface area (Å²) >= 11 is 0. The average Bonchev–Trinajstić information content (AvgIpc) is 2.49. The third-order valence-corrected chi connectivity index (χ3v) is 4.06. The first-order chi connectivity index (χ1) is 10.5. The molecule has 1 amide bonds. The predicted molar refractivity (Wildman–Crippen MR) is 83.7 cm³/mol. The number of carbonyl (C=O) groups excluding carboxylic acids is 1. The average molecular weight is 300 g/mol. The smallest absolute Gasteiger partial charge is 0.258 e. The van der Waals surface area contributed by atoms with Crippen LogP contribution < -0.4 is 5.56 Å². The highest BCUT2D eigenvalue weighted by Gasteiger charge is 2.19. The van der Waals surface area contributed by atoms with E-state index in [2.05, 4.69) is 9.88 Å². The summed E-state index contributed by atoms with van der Waals surface area (Å²) in [6.07, 6.45) is 1.81. The van der Waals surface area contributed by atoms with E-state index in [1.807, 2.05) is 24.0 Å². The Morgan fingerprint density at radius 2 is 1.95 bits per heavy atom. The van der Waals surface area contributed by atoms with Crippen molar-refractivity contribution in [3.05, 3.63) is 46.0 Å². The summed E-state index contributed by atoms with van der Waals surface area (Å²) in [4.78, 5) is 32.2. The van der Waals surface area contributed by atoms with Gasteiger partial charge in [0.2, 0.25) is 5.91 Å². The molecule has 2 aromatic rings. The standard InChI is InChI=1S/C16H20N4O2/c1-12-3-4-15-17-14(9-16(22)20(15)10-12)11-18-5-7-19(8-6-18)13(2)21/h3-4,9-10H,5-8,11H2,1-2H3. The van der Waals surface area contributed by atoms with Crippen LogP contribution in [0.15, 0.2) is 29.2 Å². The van der Waals surface area contributed by atoms with E-state index in [1.54, 1.807) is 23.6 Å². The summed E-state index contributed by atoms with van der Waals surface area (Å²) in [7, 11) is 0. The summed E-state index contributed by atoms with van der Waals surface area (Å²) in [5, 5.41) is 0. The van der Waals surface area contributed by atoms with E-state index < -0.39 is 0 Å². The number of rotatable bonds is 2. The maximum Gasteiger partial charge on any atom is 0.258 e. The van der Waals surface area contributed by atoms with Crippen molar-refractivity contribution in [1.29, 1.82) is 0 Å². The number of piperazine rings is 1. The fourth-order valence-corrected chi connectivity index (χ4v) is 2.79. The minimum Gasteiger partial charge on any atom is -0.340 e. The third kappa shape index (κ3) is 3.01. The summed E-state index contributed by atoms with van der Waals surface area (Å²) in [5.74, 6) is 0.122. The van der Waals surface area contributed by atoms with Crippen molar-refractivity contribution in [2.75, 3.05) is 26.2 Å². The molecular weight excluding hydrogens is 280 g/mol. The Hall–Kier alpha value is -2.21. The normalized spacial score (nSPS) is 16.2. The number of aryl methyl sites for hydroxylation is 1. The Morgan fingerprint density at radius 3 is 2.64 bits per heavy atom. The van der Waals surface area contributed by atoms with Crippen LogP contribution in [0.1, 0.15) is 18.2 Å². The molecule has 0 atom stereocenters. The molecule has 0 unspecified atom stereocenters. The van der Waals surface area contributed by atoms with Crippen molar-refractivity contribution in [1.82, 2.24) is 19.2 Å². The third-order valence-electron chi connectivity index (χ3n) is 4.06. The molecule has 3 rings (SSSR count). The molecule has 2 aromatic heterocycles. The van der Waals surface area contributed by atoms with Crippen LogP contribution in [0.5, 0.6) is 0 Å². The molecule has 0 aliphatic carbocycles. The first-order valence-corrected chi connectivity index (χ1v) is 7.50. The molecule has 1 aliphatic rings. The Kier molecular flexibility index (Phi) is 3.94. The molecule has 0 saturated carbocycles. The zero-order chi connectivity index (χ0) is 15.7. The fourth-order valence-electron chi connectivity index (χ4n) is 2.79. The Morgan fingerprint density at radius 1 is 1.23 bits per heavy atom. The first-order valence-electron chi connectivity index (χ1n) is 7.50. The zero-order valence-electron chi connectivity index (χ0n) is 13.0. The van der Waals surface area contributed by atoms with Gasteiger partial charge >= 0.3 is 0 Å². The van der Waals surface area contributed by atoms with Crippen LogP contribution in [0.4, 0.5) is 0 Å². The maximum absolute atomic E-state index is 12.2. The molecule has 6 nitrogen and oxygen atoms in total. The van der Waals surface area contributed by atoms with Gasteiger partial charge in [0.05, 0.1) is 5.69 Å². The Bertz CT molecular complexity index is 760. The minimum absolute atomic E-state index is 0.0499. The van der Waals surface area contributed by atoms with Crippen LogP contribution in [0.2, 0.25) is 0 Å². The lowest BCUT2D eigenvalue weighted by atomic mass is 10.2. The van der Waals surface area contributed by atoms with E-state index in [4.69, 9.17) is 0 Å². The van der Waals surface area contributed by atoms with Gasteiger partial charge in [0.15, 0.2) is 0 Å². The monoisotopic (exact) mass is 300 g/mol. The van der Waals surface area contributed by atoms with Gasteiger partial charge < -0.3 is 4.90 Å². The number of hydrogen-bond acceptors (Lipinski definition) is 4. The second kappa shape index (κ2) is 5.88. The molecule has 1 aliphatic heterocycles. The second-order valence-corrected chi connectivity index (χ2v) is 5.80. The van der Waals surface area contributed by atoms with Gasteiger partial charge in [-0.05, 0) is 18.6 Å². The van der Waals surface area contributed by atoms with Gasteiger partial charge in [0.25, 0.3) is 5.56 Å². The Labute approximate surface area is 129 Å². The highest BCUT2D eigenvalue weighted by Crippen LogP contribution is 2.08. The number of nitrogens with zero attached hydrogens (tertiary/aromatic N) is 4. The SMILES string of the molecule is CC(=O)N1CCN(Cc2cc(=O)n3cc(C)ccc3n2)CC1. The summed E-state index contributed by atoms with van der Waals surface area (Å²) in [6, 6.07) is 5.43. The van der Waals surface area contributed by atoms with Crippen molar-refractivity contribution in [2.45, 2.75) is 20.4 Å². The van der Waals surface area contributed by atoms with Crippen molar-refractivity contribution in [3.63, 3.8) is 0 Å². The predicted octanol–water partition coefficient (Wildman–Crippen LogP) is 0.667. The number of aromatic nitrogens is 2. The van der Waals surface area contributed by atoms with Crippen molar-refractivity contribution < 1.29 is 4.79 Å². The highest BCUT2D eigenvalue weighted by molar-refractivity contribution is 5.73. The van der Waals surface area contributed by atoms with Gasteiger partial charge in [-0.25, -0.2) is 4.98 Å². The lowest BCUT2D eigenvalue weighted by Gasteiger charge is -2.33. The van der Waals surface area contributed by atoms with E-state index in [0.29, 0.717) is 12.2 Å². The molecule has 0 radical (unpaired) electrons. The van der Waals surface area contributed by atoms with Crippen LogP contribution in [0.25, 0.3) is 5.65 Å². The van der Waals surface area contributed by atoms with Gasteiger partial charge in [0.1, 0.15) is 5.65 Å². The molecule has 1 saturated heterocycles. The van der Waals surface area contributed by atoms with E-state index in [-0.39, 0.29) is 11.5 Å². The van der Waals surface area contributed by atoms with E-state index >= 15 is 0 Å². The molecule has 3 heterocycles. The molecule has 0 bridgehead atoms. The van der Waals surface area contributed by atoms with Crippen LogP contribution in [0, 0.1) is 6.92 Å². The van der Waals surface area contributed by atoms with E-state index in [0.717, 1.165) is 37.4 Å². The largest absolute Gasteiger partial charge is 0.340 e. The molecule has 0 spiro atoms. The zero-order valence-corrected chi connectivity index (χ0v) is 13.0. The van der Waals surface area contributed by atoms with E-state index in [9.17, 15) is 9.59 Å². The molecular formula is C16H20N4O2. The number of carbonyl (C=O) groups is 1. The second-order valence-electron chi connectivity index (χ2n) is 5.80. The van der Waals surface area contributed by atoms with Gasteiger partial charge in [0, 0.05) is 51.9 Å². The fraction of sp³-hybridized carbons (Fsp3) is 0.438. The topological polar surface area (TPSA) is 57.9 Å². The highest BCUT2D eigenvalue weighted by atomic mass is 16.2. The number of pyridine rings is 1. The molecule has 6 heteroatoms. The molecule has 116 valence electrons. The van der Waals surface area contributed by atoms with Crippen molar-refractivity contribution in [3.8, 4) is 0 Å². The Balaban J connectivity index is 1.76. The van der Waals surface area contributed by atoms with Gasteiger partial charge in [-0.1, -0.05) is 6.07 Å². The van der Waals surface area contributed by atoms with Gasteiger partial charge in [-0.15, -0.1) is 0 Å². The lowest BCUT2D eigenvalue weighted by molar-refractivity contribution is -0.130. The number of amides is 1. The van der Waals surface area contributed by atoms with Crippen LogP contribution in [-0.2, 0) is 11.3 Å². The summed E-state index contributed by atoms with van der Waals surface area (Å²) in [5.41, 5.74) is 2.44. The summed E-state index contributed by atoms with van der Waals surface area (Å²) in [6.45, 7) is 7.30. The first kappa shape index (κ1) is 14.7. The molecule has 22 heavy (non-hydrogen) atoms. The maximum atomic E-state index is 12.2. The van der Waals surface area contributed by atoms with Crippen molar-refractivity contribution in [2.24, 2.45) is 0 Å². The van der Waals surface area contributed by atoms with Gasteiger partial charge in [-0.3, -0.25) is 18.9 Å². The van der Waals surface area contributed by atoms with E-state index in [1.165, 1.54) is 0 Å². The molecule has 0 aromatic carbocycles. The minimum atomic E-state index is -0.0499. The lowest BCUT2D eigenvalue weighted by Crippen LogP contribution is -2.47. The van der Waals surface area contributed by atoms with Crippen molar-refractivity contribution >= 4 is 11.6 Å². The quantitative estimate of drug-likeness (QED) is 0.818. The summed E-state index contributed by atoms with van der Waals surface area (Å²) < 4.78 is 1.58. The van der Waals surface area contributed by atoms with Crippen LogP contribution in [-0.4, -0.2) is 51.3 Å². The van der Waals surface area contributed by atoms with Crippen LogP contribution >= 0.6 is 0 Å². The molecule has 0 N–H and O–H groups in total. The van der Waals surface area contributed by atoms with Crippen LogP contribution in [0.3, 0.4) is 0 Å². The van der Waals surface area contributed by atoms with Gasteiger partial charge in [-0.2, -0.15) is 0 Å². The number of hydrogen-bond donors (Lipinski definition) is 0.